The van der Waals surface area contributed by atoms with Crippen LogP contribution in [0.5, 0.6) is 0 Å². The van der Waals surface area contributed by atoms with Crippen molar-refractivity contribution in [2.45, 2.75) is 0 Å². The van der Waals surface area contributed by atoms with Gasteiger partial charge in [-0.3, -0.25) is 14.9 Å². The maximum atomic E-state index is 10.9. The molecule has 1 aromatic heterocycles. The highest BCUT2D eigenvalue weighted by molar-refractivity contribution is 5.93. The van der Waals surface area contributed by atoms with Gasteiger partial charge in [0.15, 0.2) is 0 Å². The van der Waals surface area contributed by atoms with Gasteiger partial charge in [0.05, 0.1) is 4.92 Å². The smallest absolute Gasteiger partial charge is 0.311 e. The van der Waals surface area contributed by atoms with E-state index in [9.17, 15) is 14.9 Å². The molecule has 0 aliphatic heterocycles. The Bertz CT molecular complexity index is 625. The minimum atomic E-state index is -0.532. The van der Waals surface area contributed by atoms with E-state index in [4.69, 9.17) is 5.73 Å². The summed E-state index contributed by atoms with van der Waals surface area (Å²) in [5, 5.41) is 13.6. The van der Waals surface area contributed by atoms with Gasteiger partial charge >= 0.3 is 5.69 Å². The highest BCUT2D eigenvalue weighted by Gasteiger charge is 2.14. The van der Waals surface area contributed by atoms with E-state index in [2.05, 4.69) is 10.3 Å². The number of anilines is 2. The monoisotopic (exact) mass is 258 g/mol. The molecule has 0 unspecified atom stereocenters. The Morgan fingerprint density at radius 1 is 1.26 bits per heavy atom. The average molecular weight is 258 g/mol. The number of nitrogens with two attached hydrogens (primary N) is 1. The summed E-state index contributed by atoms with van der Waals surface area (Å²) in [5.74, 6) is -0.394. The first-order chi connectivity index (χ1) is 9.08. The van der Waals surface area contributed by atoms with E-state index in [1.807, 2.05) is 0 Å². The summed E-state index contributed by atoms with van der Waals surface area (Å²) in [6.45, 7) is 0. The quantitative estimate of drug-likeness (QED) is 0.641. The summed E-state index contributed by atoms with van der Waals surface area (Å²) < 4.78 is 0. The Labute approximate surface area is 108 Å². The van der Waals surface area contributed by atoms with Gasteiger partial charge in [-0.05, 0) is 30.3 Å². The topological polar surface area (TPSA) is 111 Å². The zero-order valence-corrected chi connectivity index (χ0v) is 9.74. The van der Waals surface area contributed by atoms with Crippen LogP contribution in [0, 0.1) is 10.1 Å². The van der Waals surface area contributed by atoms with Crippen molar-refractivity contribution in [1.29, 1.82) is 0 Å². The van der Waals surface area contributed by atoms with E-state index in [-0.39, 0.29) is 11.5 Å². The second-order valence-electron chi connectivity index (χ2n) is 3.69. The van der Waals surface area contributed by atoms with Gasteiger partial charge in [0.1, 0.15) is 0 Å². The van der Waals surface area contributed by atoms with E-state index in [0.717, 1.165) is 0 Å². The number of hydrogen-bond acceptors (Lipinski definition) is 5. The standard InChI is InChI=1S/C12H10N4O3/c13-11(17)8-3-5-9(6-4-8)15-12-10(16(18)19)2-1-7-14-12/h1-7H,(H2,13,17)(H,14,15). The second-order valence-corrected chi connectivity index (χ2v) is 3.69. The first-order valence-electron chi connectivity index (χ1n) is 5.34. The largest absolute Gasteiger partial charge is 0.366 e. The molecule has 7 heteroatoms. The minimum absolute atomic E-state index is 0.124. The summed E-state index contributed by atoms with van der Waals surface area (Å²) in [7, 11) is 0. The summed E-state index contributed by atoms with van der Waals surface area (Å²) in [5.41, 5.74) is 5.93. The van der Waals surface area contributed by atoms with Crippen LogP contribution in [0.4, 0.5) is 17.2 Å². The van der Waals surface area contributed by atoms with Crippen molar-refractivity contribution in [2.24, 2.45) is 5.73 Å². The summed E-state index contributed by atoms with van der Waals surface area (Å²) >= 11 is 0. The molecule has 0 saturated heterocycles. The molecule has 0 radical (unpaired) electrons. The number of amides is 1. The predicted octanol–water partition coefficient (Wildman–Crippen LogP) is 1.83. The molecule has 1 heterocycles. The van der Waals surface area contributed by atoms with Crippen LogP contribution >= 0.6 is 0 Å². The molecule has 3 N–H and O–H groups in total. The van der Waals surface area contributed by atoms with Gasteiger partial charge in [0, 0.05) is 23.5 Å². The summed E-state index contributed by atoms with van der Waals surface area (Å²) in [6, 6.07) is 9.09. The van der Waals surface area contributed by atoms with Crippen LogP contribution in [0.2, 0.25) is 0 Å². The van der Waals surface area contributed by atoms with Crippen molar-refractivity contribution in [1.82, 2.24) is 4.98 Å². The number of pyridine rings is 1. The van der Waals surface area contributed by atoms with Gasteiger partial charge in [0.2, 0.25) is 11.7 Å². The van der Waals surface area contributed by atoms with E-state index >= 15 is 0 Å². The number of hydrogen-bond donors (Lipinski definition) is 2. The van der Waals surface area contributed by atoms with Crippen LogP contribution in [-0.4, -0.2) is 15.8 Å². The molecule has 2 aromatic rings. The maximum absolute atomic E-state index is 10.9. The number of primary amides is 1. The Kier molecular flexibility index (Phi) is 3.37. The third-order valence-electron chi connectivity index (χ3n) is 2.42. The molecule has 0 saturated carbocycles. The highest BCUT2D eigenvalue weighted by atomic mass is 16.6. The van der Waals surface area contributed by atoms with E-state index in [1.165, 1.54) is 30.5 Å². The van der Waals surface area contributed by atoms with Crippen LogP contribution in [0.1, 0.15) is 10.4 Å². The second kappa shape index (κ2) is 5.13. The SMILES string of the molecule is NC(=O)c1ccc(Nc2ncccc2[N+](=O)[O-])cc1. The van der Waals surface area contributed by atoms with Gasteiger partial charge in [-0.1, -0.05) is 0 Å². The van der Waals surface area contributed by atoms with Gasteiger partial charge in [-0.15, -0.1) is 0 Å². The molecule has 0 spiro atoms. The molecule has 0 aliphatic carbocycles. The predicted molar refractivity (Wildman–Crippen MR) is 69.1 cm³/mol. The number of nitrogens with zero attached hydrogens (tertiary/aromatic N) is 2. The molecule has 0 bridgehead atoms. The van der Waals surface area contributed by atoms with Crippen molar-refractivity contribution in [3.63, 3.8) is 0 Å². The molecule has 2 rings (SSSR count). The normalized spacial score (nSPS) is 9.89. The van der Waals surface area contributed by atoms with Crippen LogP contribution in [-0.2, 0) is 0 Å². The summed E-state index contributed by atoms with van der Waals surface area (Å²) in [6.07, 6.45) is 1.45. The van der Waals surface area contributed by atoms with Gasteiger partial charge in [0.25, 0.3) is 0 Å². The number of carbonyl (C=O) groups excluding carboxylic acids is 1. The molecule has 7 nitrogen and oxygen atoms in total. The van der Waals surface area contributed by atoms with Gasteiger partial charge in [-0.25, -0.2) is 4.98 Å². The lowest BCUT2D eigenvalue weighted by Crippen LogP contribution is -2.10. The van der Waals surface area contributed by atoms with Crippen molar-refractivity contribution < 1.29 is 9.72 Å². The van der Waals surface area contributed by atoms with E-state index in [0.29, 0.717) is 11.3 Å². The van der Waals surface area contributed by atoms with E-state index in [1.54, 1.807) is 12.1 Å². The zero-order valence-electron chi connectivity index (χ0n) is 9.74. The Morgan fingerprint density at radius 3 is 2.53 bits per heavy atom. The van der Waals surface area contributed by atoms with Crippen LogP contribution in [0.15, 0.2) is 42.6 Å². The van der Waals surface area contributed by atoms with Crippen molar-refractivity contribution in [3.8, 4) is 0 Å². The molecule has 0 aliphatic rings. The first-order valence-corrected chi connectivity index (χ1v) is 5.34. The van der Waals surface area contributed by atoms with Crippen molar-refractivity contribution in [3.05, 3.63) is 58.3 Å². The lowest BCUT2D eigenvalue weighted by molar-refractivity contribution is -0.384. The molecule has 0 fully saturated rings. The van der Waals surface area contributed by atoms with Crippen molar-refractivity contribution in [2.75, 3.05) is 5.32 Å². The fourth-order valence-electron chi connectivity index (χ4n) is 1.50. The fraction of sp³-hybridized carbons (Fsp3) is 0. The third-order valence-corrected chi connectivity index (χ3v) is 2.42. The third kappa shape index (κ3) is 2.83. The number of nitro groups is 1. The van der Waals surface area contributed by atoms with Gasteiger partial charge < -0.3 is 11.1 Å². The maximum Gasteiger partial charge on any atom is 0.311 e. The fourth-order valence-corrected chi connectivity index (χ4v) is 1.50. The van der Waals surface area contributed by atoms with Crippen LogP contribution in [0.25, 0.3) is 0 Å². The summed E-state index contributed by atoms with van der Waals surface area (Å²) in [4.78, 5) is 25.1. The first kappa shape index (κ1) is 12.5. The molecule has 19 heavy (non-hydrogen) atoms. The van der Waals surface area contributed by atoms with Crippen LogP contribution in [0.3, 0.4) is 0 Å². The molecular formula is C12H10N4O3. The number of rotatable bonds is 4. The number of aromatic nitrogens is 1. The number of carbonyl (C=O) groups is 1. The Morgan fingerprint density at radius 2 is 1.95 bits per heavy atom. The van der Waals surface area contributed by atoms with E-state index < -0.39 is 10.8 Å². The Balaban J connectivity index is 2.26. The number of benzene rings is 1. The van der Waals surface area contributed by atoms with Gasteiger partial charge in [-0.2, -0.15) is 0 Å². The van der Waals surface area contributed by atoms with Crippen molar-refractivity contribution >= 4 is 23.1 Å². The molecule has 0 atom stereocenters. The molecule has 96 valence electrons. The zero-order chi connectivity index (χ0) is 13.8. The lowest BCUT2D eigenvalue weighted by Gasteiger charge is -2.06. The van der Waals surface area contributed by atoms with Crippen LogP contribution < -0.4 is 11.1 Å². The Hall–Kier alpha value is -2.96. The molecular weight excluding hydrogens is 248 g/mol. The highest BCUT2D eigenvalue weighted by Crippen LogP contribution is 2.24. The molecule has 1 amide bonds. The average Bonchev–Trinajstić information content (AvgIpc) is 2.39. The lowest BCUT2D eigenvalue weighted by atomic mass is 10.2. The minimum Gasteiger partial charge on any atom is -0.366 e. The number of nitrogens with one attached hydrogen (secondary N) is 1. The molecule has 1 aromatic carbocycles.